The van der Waals surface area contributed by atoms with Crippen molar-refractivity contribution < 1.29 is 9.50 Å². The van der Waals surface area contributed by atoms with Gasteiger partial charge >= 0.3 is 0 Å². The lowest BCUT2D eigenvalue weighted by Crippen LogP contribution is -2.06. The molecule has 3 heterocycles. The quantitative estimate of drug-likeness (QED) is 0.839. The standard InChI is InChI=1S/C10H10FN5OS/c11-6-1-5(2-17)18-10(6)16-4-15-7-8(12)13-3-14-9(7)16/h1,3-5,10,17H,2H2,(H2,12,13,14)/t5-,10+/m1/s1. The second-order valence-corrected chi connectivity index (χ2v) is 5.17. The molecule has 94 valence electrons. The number of aliphatic hydroxyl groups is 1. The lowest BCUT2D eigenvalue weighted by molar-refractivity contribution is 0.307. The van der Waals surface area contributed by atoms with E-state index in [2.05, 4.69) is 15.0 Å². The van der Waals surface area contributed by atoms with Crippen LogP contribution in [-0.4, -0.2) is 36.5 Å². The fourth-order valence-corrected chi connectivity index (χ4v) is 2.99. The van der Waals surface area contributed by atoms with E-state index in [1.54, 1.807) is 4.57 Å². The first-order valence-corrected chi connectivity index (χ1v) is 6.21. The Hall–Kier alpha value is -1.67. The van der Waals surface area contributed by atoms with Crippen molar-refractivity contribution in [3.05, 3.63) is 24.6 Å². The van der Waals surface area contributed by atoms with Gasteiger partial charge in [0.05, 0.1) is 18.2 Å². The van der Waals surface area contributed by atoms with Crippen LogP contribution in [0.15, 0.2) is 24.6 Å². The van der Waals surface area contributed by atoms with E-state index in [0.717, 1.165) is 0 Å². The molecular formula is C10H10FN5OS. The number of halogens is 1. The maximum Gasteiger partial charge on any atom is 0.166 e. The van der Waals surface area contributed by atoms with Gasteiger partial charge in [0.1, 0.15) is 23.0 Å². The summed E-state index contributed by atoms with van der Waals surface area (Å²) in [6.45, 7) is -0.0989. The SMILES string of the molecule is Nc1ncnc2c1ncn2[C@H]1S[C@@H](CO)C=C1F. The number of imidazole rings is 1. The number of hydrogen-bond acceptors (Lipinski definition) is 6. The summed E-state index contributed by atoms with van der Waals surface area (Å²) in [6.07, 6.45) is 4.22. The molecular weight excluding hydrogens is 257 g/mol. The van der Waals surface area contributed by atoms with Crippen LogP contribution in [0.1, 0.15) is 5.37 Å². The van der Waals surface area contributed by atoms with Crippen LogP contribution in [0, 0.1) is 0 Å². The molecule has 0 aliphatic carbocycles. The van der Waals surface area contributed by atoms with Crippen molar-refractivity contribution in [1.82, 2.24) is 19.5 Å². The van der Waals surface area contributed by atoms with E-state index in [4.69, 9.17) is 10.8 Å². The van der Waals surface area contributed by atoms with E-state index in [0.29, 0.717) is 11.2 Å². The molecule has 8 heteroatoms. The van der Waals surface area contributed by atoms with Gasteiger partial charge in [0, 0.05) is 0 Å². The van der Waals surface area contributed by atoms with Gasteiger partial charge in [-0.05, 0) is 6.08 Å². The normalized spacial score (nSPS) is 23.6. The minimum atomic E-state index is -0.554. The van der Waals surface area contributed by atoms with Crippen LogP contribution < -0.4 is 5.73 Å². The van der Waals surface area contributed by atoms with Crippen LogP contribution in [0.25, 0.3) is 11.2 Å². The molecule has 0 fully saturated rings. The van der Waals surface area contributed by atoms with Gasteiger partial charge in [0.25, 0.3) is 0 Å². The van der Waals surface area contributed by atoms with Crippen molar-refractivity contribution in [1.29, 1.82) is 0 Å². The monoisotopic (exact) mass is 267 g/mol. The molecule has 2 aromatic heterocycles. The Kier molecular flexibility index (Phi) is 2.67. The van der Waals surface area contributed by atoms with Gasteiger partial charge < -0.3 is 10.8 Å². The number of rotatable bonds is 2. The molecule has 0 spiro atoms. The fraction of sp³-hybridized carbons (Fsp3) is 0.300. The average molecular weight is 267 g/mol. The van der Waals surface area contributed by atoms with Crippen molar-refractivity contribution >= 4 is 28.7 Å². The summed E-state index contributed by atoms with van der Waals surface area (Å²) >= 11 is 1.30. The first-order valence-electron chi connectivity index (χ1n) is 5.27. The molecule has 1 aliphatic heterocycles. The number of nitrogens with zero attached hydrogens (tertiary/aromatic N) is 4. The number of anilines is 1. The van der Waals surface area contributed by atoms with E-state index in [1.165, 1.54) is 30.5 Å². The average Bonchev–Trinajstić information content (AvgIpc) is 2.93. The highest BCUT2D eigenvalue weighted by molar-refractivity contribution is 8.00. The smallest absolute Gasteiger partial charge is 0.166 e. The summed E-state index contributed by atoms with van der Waals surface area (Å²) in [4.78, 5) is 12.0. The molecule has 18 heavy (non-hydrogen) atoms. The summed E-state index contributed by atoms with van der Waals surface area (Å²) in [7, 11) is 0. The third-order valence-electron chi connectivity index (χ3n) is 2.70. The molecule has 2 aromatic rings. The lowest BCUT2D eigenvalue weighted by Gasteiger charge is -2.12. The van der Waals surface area contributed by atoms with Gasteiger partial charge in [-0.1, -0.05) is 0 Å². The lowest BCUT2D eigenvalue weighted by atomic mass is 10.3. The van der Waals surface area contributed by atoms with E-state index in [9.17, 15) is 4.39 Å². The number of nitrogen functional groups attached to an aromatic ring is 1. The predicted molar refractivity (Wildman–Crippen MR) is 66.4 cm³/mol. The molecule has 0 unspecified atom stereocenters. The number of hydrogen-bond donors (Lipinski definition) is 2. The minimum absolute atomic E-state index is 0.0989. The van der Waals surface area contributed by atoms with Gasteiger partial charge in [-0.2, -0.15) is 0 Å². The van der Waals surface area contributed by atoms with Crippen molar-refractivity contribution in [3.63, 3.8) is 0 Å². The highest BCUT2D eigenvalue weighted by Gasteiger charge is 2.30. The van der Waals surface area contributed by atoms with Gasteiger partial charge in [-0.15, -0.1) is 11.8 Å². The molecule has 0 bridgehead atoms. The van der Waals surface area contributed by atoms with Crippen LogP contribution in [0.2, 0.25) is 0 Å². The van der Waals surface area contributed by atoms with Crippen LogP contribution in [0.5, 0.6) is 0 Å². The van der Waals surface area contributed by atoms with Crippen LogP contribution in [-0.2, 0) is 0 Å². The number of thioether (sulfide) groups is 1. The second kappa shape index (κ2) is 4.21. The van der Waals surface area contributed by atoms with E-state index >= 15 is 0 Å². The molecule has 0 saturated carbocycles. The van der Waals surface area contributed by atoms with Crippen molar-refractivity contribution in [2.24, 2.45) is 0 Å². The fourth-order valence-electron chi connectivity index (χ4n) is 1.87. The van der Waals surface area contributed by atoms with Crippen molar-refractivity contribution in [2.75, 3.05) is 12.3 Å². The molecule has 3 rings (SSSR count). The highest BCUT2D eigenvalue weighted by Crippen LogP contribution is 2.42. The topological polar surface area (TPSA) is 89.9 Å². The molecule has 0 saturated heterocycles. The minimum Gasteiger partial charge on any atom is -0.395 e. The molecule has 0 radical (unpaired) electrons. The maximum atomic E-state index is 13.8. The number of aliphatic hydroxyl groups excluding tert-OH is 1. The van der Waals surface area contributed by atoms with Gasteiger partial charge in [-0.25, -0.2) is 19.3 Å². The van der Waals surface area contributed by atoms with Gasteiger partial charge in [0.15, 0.2) is 11.5 Å². The number of nitrogens with two attached hydrogens (primary N) is 1. The number of aromatic nitrogens is 4. The molecule has 2 atom stereocenters. The van der Waals surface area contributed by atoms with E-state index in [1.807, 2.05) is 0 Å². The summed E-state index contributed by atoms with van der Waals surface area (Å²) in [5.74, 6) is -0.0413. The second-order valence-electron chi connectivity index (χ2n) is 3.84. The first kappa shape index (κ1) is 11.4. The Morgan fingerprint density at radius 2 is 2.28 bits per heavy atom. The Morgan fingerprint density at radius 1 is 1.44 bits per heavy atom. The van der Waals surface area contributed by atoms with Gasteiger partial charge in [-0.3, -0.25) is 4.57 Å². The summed E-state index contributed by atoms with van der Waals surface area (Å²) < 4.78 is 15.4. The highest BCUT2D eigenvalue weighted by atomic mass is 32.2. The summed E-state index contributed by atoms with van der Waals surface area (Å²) in [5.41, 5.74) is 6.62. The molecule has 0 aromatic carbocycles. The van der Waals surface area contributed by atoms with Crippen LogP contribution >= 0.6 is 11.8 Å². The summed E-state index contributed by atoms with van der Waals surface area (Å²) in [5, 5.41) is 8.26. The van der Waals surface area contributed by atoms with Crippen LogP contribution in [0.3, 0.4) is 0 Å². The van der Waals surface area contributed by atoms with Crippen molar-refractivity contribution in [2.45, 2.75) is 10.6 Å². The number of fused-ring (bicyclic) bond motifs is 1. The Bertz CT molecular complexity index is 628. The third kappa shape index (κ3) is 1.65. The molecule has 3 N–H and O–H groups in total. The van der Waals surface area contributed by atoms with E-state index < -0.39 is 5.37 Å². The maximum absolute atomic E-state index is 13.8. The Labute approximate surface area is 106 Å². The van der Waals surface area contributed by atoms with Gasteiger partial charge in [0.2, 0.25) is 0 Å². The van der Waals surface area contributed by atoms with Crippen LogP contribution in [0.4, 0.5) is 10.2 Å². The molecule has 6 nitrogen and oxygen atoms in total. The predicted octanol–water partition coefficient (Wildman–Crippen LogP) is 0.868. The van der Waals surface area contributed by atoms with E-state index in [-0.39, 0.29) is 23.5 Å². The zero-order valence-electron chi connectivity index (χ0n) is 9.19. The zero-order valence-corrected chi connectivity index (χ0v) is 10.0. The largest absolute Gasteiger partial charge is 0.395 e. The third-order valence-corrected chi connectivity index (χ3v) is 4.05. The molecule has 0 amide bonds. The zero-order chi connectivity index (χ0) is 12.7. The summed E-state index contributed by atoms with van der Waals surface area (Å²) in [6, 6.07) is 0. The Balaban J connectivity index is 2.06. The van der Waals surface area contributed by atoms with Crippen molar-refractivity contribution in [3.8, 4) is 0 Å². The Morgan fingerprint density at radius 3 is 3.00 bits per heavy atom. The first-order chi connectivity index (χ1) is 8.70. The molecule has 1 aliphatic rings.